The molecule has 0 fully saturated rings. The van der Waals surface area contributed by atoms with Crippen LogP contribution in [0.4, 0.5) is 87.8 Å². The van der Waals surface area contributed by atoms with Crippen LogP contribution >= 0.6 is 12.6 Å². The van der Waals surface area contributed by atoms with Crippen molar-refractivity contribution < 1.29 is 92.4 Å². The molecule has 0 atom stereocenters. The number of nitrogens with zero attached hydrogens (tertiary/aromatic N) is 1. The molecule has 1 nitrogen and oxygen atoms in total. The molecule has 0 radical (unpaired) electrons. The van der Waals surface area contributed by atoms with Crippen molar-refractivity contribution in [3.05, 3.63) is 189 Å². The topological polar surface area (TPSA) is 3.88 Å². The molecule has 6 aromatic carbocycles. The summed E-state index contributed by atoms with van der Waals surface area (Å²) in [7, 11) is 0. The summed E-state index contributed by atoms with van der Waals surface area (Å²) in [5, 5.41) is 1.19. The Morgan fingerprint density at radius 3 is 0.921 bits per heavy atom. The first-order valence-corrected chi connectivity index (χ1v) is 17.4. The van der Waals surface area contributed by atoms with E-state index in [0.29, 0.717) is 0 Å². The van der Waals surface area contributed by atoms with Gasteiger partial charge in [0, 0.05) is 22.6 Å². The number of para-hydroxylation sites is 1. The molecule has 0 bridgehead atoms. The Labute approximate surface area is 343 Å². The predicted octanol–water partition coefficient (Wildman–Crippen LogP) is 9.31. The monoisotopic (exact) mass is 931 g/mol. The lowest BCUT2D eigenvalue weighted by molar-refractivity contribution is -0.662. The number of halogens is 20. The highest BCUT2D eigenvalue weighted by Gasteiger charge is 2.52. The number of aromatic nitrogens is 1. The smallest absolute Gasteiger partial charge is 0.207 e. The molecule has 1 aromatic heterocycles. The Balaban J connectivity index is 0.000000302. The van der Waals surface area contributed by atoms with Crippen molar-refractivity contribution in [3.8, 4) is 0 Å². The lowest BCUT2D eigenvalue weighted by atomic mass is 9.12. The minimum Gasteiger partial charge on any atom is -0.207 e. The van der Waals surface area contributed by atoms with Crippen LogP contribution in [0.15, 0.2) is 71.8 Å². The summed E-state index contributed by atoms with van der Waals surface area (Å²) >= 11 is 4.51. The van der Waals surface area contributed by atoms with Crippen molar-refractivity contribution in [3.63, 3.8) is 0 Å². The Morgan fingerprint density at radius 1 is 0.333 bits per heavy atom. The maximum Gasteiger partial charge on any atom is 0.213 e. The Bertz CT molecular complexity index is 2620. The molecule has 0 spiro atoms. The molecule has 7 aromatic rings. The van der Waals surface area contributed by atoms with E-state index < -0.39 is 144 Å². The van der Waals surface area contributed by atoms with Crippen molar-refractivity contribution in [2.24, 2.45) is 0 Å². The number of hydrogen-bond donors (Lipinski definition) is 1. The lowest BCUT2D eigenvalue weighted by Gasteiger charge is -2.44. The summed E-state index contributed by atoms with van der Waals surface area (Å²) in [6.45, 7) is 0.884. The van der Waals surface area contributed by atoms with Gasteiger partial charge < -0.3 is 0 Å². The van der Waals surface area contributed by atoms with Crippen LogP contribution in [0.3, 0.4) is 0 Å². The lowest BCUT2D eigenvalue weighted by Crippen LogP contribution is -2.81. The number of fused-ring (bicyclic) bond motifs is 1. The van der Waals surface area contributed by atoms with E-state index in [2.05, 4.69) is 71.9 Å². The van der Waals surface area contributed by atoms with Crippen molar-refractivity contribution in [1.82, 2.24) is 0 Å². The van der Waals surface area contributed by atoms with Crippen LogP contribution in [0.2, 0.25) is 0 Å². The van der Waals surface area contributed by atoms with Gasteiger partial charge in [0.05, 0.1) is 5.39 Å². The molecule has 0 unspecified atom stereocenters. The quantitative estimate of drug-likeness (QED) is 0.0424. The number of rotatable bonds is 6. The van der Waals surface area contributed by atoms with Gasteiger partial charge in [-0.2, -0.15) is 4.57 Å². The zero-order valence-corrected chi connectivity index (χ0v) is 31.0. The zero-order chi connectivity index (χ0) is 46.7. The average Bonchev–Trinajstić information content (AvgIpc) is 3.28. The normalized spacial score (nSPS) is 11.6. The molecule has 63 heavy (non-hydrogen) atoms. The summed E-state index contributed by atoms with van der Waals surface area (Å²) in [5.41, 5.74) is -11.8. The van der Waals surface area contributed by atoms with E-state index >= 15 is 35.1 Å². The fourth-order valence-corrected chi connectivity index (χ4v) is 7.32. The van der Waals surface area contributed by atoms with Crippen LogP contribution in [-0.4, -0.2) is 6.15 Å². The largest absolute Gasteiger partial charge is 0.213 e. The number of pyridine rings is 1. The molecule has 328 valence electrons. The van der Waals surface area contributed by atoms with Crippen LogP contribution in [0, 0.1) is 116 Å². The number of thiol groups is 1. The molecule has 1 heterocycles. The first-order valence-electron chi connectivity index (χ1n) is 16.9. The Hall–Kier alpha value is -6.26. The molecule has 0 amide bonds. The summed E-state index contributed by atoms with van der Waals surface area (Å²) in [5.74, 6) is -71.4. The fraction of sp³-hybridized carbons (Fsp3) is 0.0250. The van der Waals surface area contributed by atoms with E-state index in [1.54, 1.807) is 0 Å². The van der Waals surface area contributed by atoms with Crippen molar-refractivity contribution in [2.45, 2.75) is 11.4 Å². The Morgan fingerprint density at radius 2 is 0.603 bits per heavy atom. The van der Waals surface area contributed by atoms with E-state index in [9.17, 15) is 52.7 Å². The summed E-state index contributed by atoms with van der Waals surface area (Å²) in [4.78, 5) is 1.02. The third-order valence-corrected chi connectivity index (χ3v) is 10.2. The van der Waals surface area contributed by atoms with E-state index in [4.69, 9.17) is 0 Å². The van der Waals surface area contributed by atoms with E-state index in [1.165, 1.54) is 16.5 Å². The highest BCUT2D eigenvalue weighted by atomic mass is 32.1. The second kappa shape index (κ2) is 17.1. The van der Waals surface area contributed by atoms with E-state index in [1.807, 2.05) is 12.1 Å². The van der Waals surface area contributed by atoms with Crippen molar-refractivity contribution in [2.75, 3.05) is 0 Å². The summed E-state index contributed by atoms with van der Waals surface area (Å²) in [6, 6.07) is 20.9. The predicted molar refractivity (Wildman–Crippen MR) is 186 cm³/mol. The van der Waals surface area contributed by atoms with Crippen LogP contribution < -0.4 is 26.4 Å². The zero-order valence-electron chi connectivity index (χ0n) is 30.1. The fourth-order valence-electron chi connectivity index (χ4n) is 7.06. The van der Waals surface area contributed by atoms with E-state index in [0.717, 1.165) is 11.4 Å². The van der Waals surface area contributed by atoms with Gasteiger partial charge in [0.25, 0.3) is 0 Å². The second-order valence-electron chi connectivity index (χ2n) is 13.1. The maximum absolute atomic E-state index is 15.4. The third kappa shape index (κ3) is 7.18. The average molecular weight is 931 g/mol. The SMILES string of the molecule is Fc1c(F)c(F)c([B-](c2c(F)c(F)c(F)c(F)c2F)(c2c(F)c(F)c(F)c(F)c2F)c2c(F)c(F)c(F)c(F)c2F)c(F)c1F.Sc1cc[n+](Cc2ccccc2)c2ccccc12. The van der Waals surface area contributed by atoms with Crippen molar-refractivity contribution >= 4 is 51.5 Å². The van der Waals surface area contributed by atoms with E-state index in [-0.39, 0.29) is 0 Å². The van der Waals surface area contributed by atoms with Crippen LogP contribution in [0.25, 0.3) is 10.9 Å². The Kier molecular flexibility index (Phi) is 12.6. The third-order valence-electron chi connectivity index (χ3n) is 9.80. The molecule has 0 saturated heterocycles. The standard InChI is InChI=1S/C24BF20.C16H13NS/c26-5-1(6(27)14(35)21(42)13(5)34)25(2-7(28)15(36)22(43)16(37)8(2)29,3-9(30)17(38)23(44)18(39)10(3)31)4-11(32)19(40)24(45)20(41)12(4)33;18-16-10-11-17(12-13-6-2-1-3-7-13)15-9-5-4-8-14(15)16/h;1-11H,12H2/q-1;/p+1. The highest BCUT2D eigenvalue weighted by Crippen LogP contribution is 2.31. The number of hydrogen-bond acceptors (Lipinski definition) is 1. The van der Waals surface area contributed by atoms with Gasteiger partial charge in [0.1, 0.15) is 52.7 Å². The maximum atomic E-state index is 15.4. The molecular formula is C40H14BF20NS. The minimum absolute atomic E-state index is 0.884. The first kappa shape index (κ1) is 46.3. The molecule has 23 heteroatoms. The van der Waals surface area contributed by atoms with Gasteiger partial charge in [-0.15, -0.1) is 34.5 Å². The minimum atomic E-state index is -7.22. The molecule has 7 rings (SSSR count). The molecule has 0 N–H and O–H groups in total. The molecular weight excluding hydrogens is 917 g/mol. The molecule has 0 saturated carbocycles. The van der Waals surface area contributed by atoms with Gasteiger partial charge >= 0.3 is 0 Å². The van der Waals surface area contributed by atoms with Gasteiger partial charge in [0.15, 0.2) is 82.5 Å². The van der Waals surface area contributed by atoms with Crippen molar-refractivity contribution in [1.29, 1.82) is 0 Å². The van der Waals surface area contributed by atoms with Gasteiger partial charge in [-0.25, -0.2) is 87.8 Å². The van der Waals surface area contributed by atoms with Crippen LogP contribution in [-0.2, 0) is 6.54 Å². The second-order valence-corrected chi connectivity index (χ2v) is 13.6. The van der Waals surface area contributed by atoms with Gasteiger partial charge in [-0.05, 0) is 6.07 Å². The summed E-state index contributed by atoms with van der Waals surface area (Å²) in [6.07, 6.45) is -5.12. The molecule has 0 aliphatic carbocycles. The first-order chi connectivity index (χ1) is 29.5. The molecule has 0 aliphatic rings. The van der Waals surface area contributed by atoms with Crippen LogP contribution in [0.5, 0.6) is 0 Å². The summed E-state index contributed by atoms with van der Waals surface area (Å²) < 4.78 is 296. The van der Waals surface area contributed by atoms with Gasteiger partial charge in [-0.3, -0.25) is 0 Å². The van der Waals surface area contributed by atoms with Gasteiger partial charge in [0.2, 0.25) is 5.52 Å². The molecule has 0 aliphatic heterocycles. The number of benzene rings is 6. The van der Waals surface area contributed by atoms with Crippen LogP contribution in [0.1, 0.15) is 5.56 Å². The van der Waals surface area contributed by atoms with Gasteiger partial charge in [-0.1, -0.05) is 42.5 Å². The highest BCUT2D eigenvalue weighted by molar-refractivity contribution is 7.80.